The van der Waals surface area contributed by atoms with E-state index in [1.165, 1.54) is 6.07 Å². The molecule has 2 heterocycles. The van der Waals surface area contributed by atoms with Crippen molar-refractivity contribution < 1.29 is 9.13 Å². The Hall–Kier alpha value is -4.11. The van der Waals surface area contributed by atoms with Crippen molar-refractivity contribution >= 4 is 10.8 Å². The first-order chi connectivity index (χ1) is 14.6. The number of hydrogen-bond donors (Lipinski definition) is 1. The molecule has 4 aromatic rings. The normalized spacial score (nSPS) is 15.6. The summed E-state index contributed by atoms with van der Waals surface area (Å²) in [5, 5.41) is 16.5. The number of rotatable bonds is 2. The number of halogens is 1. The molecule has 6 heteroatoms. The Balaban J connectivity index is 1.75. The zero-order valence-electron chi connectivity index (χ0n) is 16.1. The van der Waals surface area contributed by atoms with Gasteiger partial charge >= 0.3 is 0 Å². The summed E-state index contributed by atoms with van der Waals surface area (Å²) in [6.07, 6.45) is 0. The molecule has 1 unspecified atom stereocenters. The lowest BCUT2D eigenvalue weighted by Crippen LogP contribution is -2.22. The van der Waals surface area contributed by atoms with E-state index < -0.39 is 11.7 Å². The predicted molar refractivity (Wildman–Crippen MR) is 112 cm³/mol. The van der Waals surface area contributed by atoms with Gasteiger partial charge in [0.05, 0.1) is 22.9 Å². The molecule has 0 fully saturated rings. The van der Waals surface area contributed by atoms with Gasteiger partial charge in [-0.15, -0.1) is 0 Å². The van der Waals surface area contributed by atoms with Crippen molar-refractivity contribution in [3.8, 4) is 17.6 Å². The Labute approximate surface area is 172 Å². The molecule has 2 N–H and O–H groups in total. The molecule has 0 amide bonds. The van der Waals surface area contributed by atoms with Crippen LogP contribution in [0.15, 0.2) is 78.2 Å². The van der Waals surface area contributed by atoms with Crippen molar-refractivity contribution in [3.63, 3.8) is 0 Å². The van der Waals surface area contributed by atoms with Crippen LogP contribution in [0.5, 0.6) is 5.88 Å². The summed E-state index contributed by atoms with van der Waals surface area (Å²) in [5.74, 6) is -0.740. The van der Waals surface area contributed by atoms with Gasteiger partial charge in [-0.3, -0.25) is 0 Å². The Bertz CT molecular complexity index is 1380. The number of aromatic nitrogens is 2. The molecule has 0 radical (unpaired) electrons. The molecule has 0 aliphatic carbocycles. The maximum absolute atomic E-state index is 14.7. The Morgan fingerprint density at radius 1 is 1.07 bits per heavy atom. The van der Waals surface area contributed by atoms with Gasteiger partial charge in [-0.1, -0.05) is 48.5 Å². The van der Waals surface area contributed by atoms with E-state index >= 15 is 0 Å². The first-order valence-electron chi connectivity index (χ1n) is 9.49. The van der Waals surface area contributed by atoms with Crippen LogP contribution in [0.4, 0.5) is 4.39 Å². The van der Waals surface area contributed by atoms with Gasteiger partial charge < -0.3 is 10.5 Å². The molecular formula is C24H17FN4O. The number of fused-ring (bicyclic) bond motifs is 2. The summed E-state index contributed by atoms with van der Waals surface area (Å²) in [6.45, 7) is 1.82. The van der Waals surface area contributed by atoms with Crippen molar-refractivity contribution in [2.24, 2.45) is 5.73 Å². The number of nitrogens with zero attached hydrogens (tertiary/aromatic N) is 3. The van der Waals surface area contributed by atoms with Crippen LogP contribution in [0.25, 0.3) is 16.5 Å². The molecule has 1 aliphatic rings. The minimum Gasteiger partial charge on any atom is -0.422 e. The van der Waals surface area contributed by atoms with E-state index in [2.05, 4.69) is 11.2 Å². The second kappa shape index (κ2) is 6.75. The number of aryl methyl sites for hydroxylation is 1. The minimum atomic E-state index is -0.686. The van der Waals surface area contributed by atoms with E-state index in [-0.39, 0.29) is 11.5 Å². The smallest absolute Gasteiger partial charge is 0.229 e. The molecular weight excluding hydrogens is 379 g/mol. The fraction of sp³-hybridized carbons (Fsp3) is 0.0833. The fourth-order valence-corrected chi connectivity index (χ4v) is 4.02. The number of allylic oxidation sites excluding steroid dienone is 1. The Kier molecular flexibility index (Phi) is 4.04. The standard InChI is InChI=1S/C24H17FN4O/c1-14-21-22(18-8-4-5-9-20(18)25)19(13-26)23(27)30-24(21)29(28-14)17-11-10-15-6-2-3-7-16(15)12-17/h2-12,22H,27H2,1H3. The van der Waals surface area contributed by atoms with Crippen molar-refractivity contribution in [2.75, 3.05) is 0 Å². The lowest BCUT2D eigenvalue weighted by Gasteiger charge is -2.25. The van der Waals surface area contributed by atoms with Gasteiger partial charge in [0.15, 0.2) is 0 Å². The summed E-state index contributed by atoms with van der Waals surface area (Å²) < 4.78 is 22.2. The monoisotopic (exact) mass is 396 g/mol. The summed E-state index contributed by atoms with van der Waals surface area (Å²) in [4.78, 5) is 0. The van der Waals surface area contributed by atoms with Gasteiger partial charge in [-0.25, -0.2) is 9.07 Å². The Morgan fingerprint density at radius 3 is 2.57 bits per heavy atom. The van der Waals surface area contributed by atoms with E-state index in [0.29, 0.717) is 22.7 Å². The first kappa shape index (κ1) is 18.0. The van der Waals surface area contributed by atoms with Gasteiger partial charge in [0, 0.05) is 5.56 Å². The largest absolute Gasteiger partial charge is 0.422 e. The van der Waals surface area contributed by atoms with Crippen molar-refractivity contribution in [3.05, 3.63) is 101 Å². The van der Waals surface area contributed by atoms with Crippen LogP contribution in [0.3, 0.4) is 0 Å². The highest BCUT2D eigenvalue weighted by molar-refractivity contribution is 5.84. The SMILES string of the molecule is Cc1nn(-c2ccc3ccccc3c2)c2c1C(c1ccccc1F)C(C#N)=C(N)O2. The summed E-state index contributed by atoms with van der Waals surface area (Å²) in [7, 11) is 0. The second-order valence-electron chi connectivity index (χ2n) is 7.19. The predicted octanol–water partition coefficient (Wildman–Crippen LogP) is 4.69. The van der Waals surface area contributed by atoms with Crippen molar-refractivity contribution in [2.45, 2.75) is 12.8 Å². The summed E-state index contributed by atoms with van der Waals surface area (Å²) in [6, 6.07) is 22.4. The lowest BCUT2D eigenvalue weighted by molar-refractivity contribution is 0.366. The van der Waals surface area contributed by atoms with Gasteiger partial charge in [-0.2, -0.15) is 10.4 Å². The lowest BCUT2D eigenvalue weighted by atomic mass is 9.84. The summed E-state index contributed by atoms with van der Waals surface area (Å²) >= 11 is 0. The first-order valence-corrected chi connectivity index (χ1v) is 9.49. The average Bonchev–Trinajstić information content (AvgIpc) is 3.09. The number of nitrogens with two attached hydrogens (primary N) is 1. The highest BCUT2D eigenvalue weighted by atomic mass is 19.1. The van der Waals surface area contributed by atoms with Crippen LogP contribution in [0.2, 0.25) is 0 Å². The quantitative estimate of drug-likeness (QED) is 0.533. The van der Waals surface area contributed by atoms with Gasteiger partial charge in [0.2, 0.25) is 11.8 Å². The highest BCUT2D eigenvalue weighted by Crippen LogP contribution is 2.45. The van der Waals surface area contributed by atoms with Crippen LogP contribution in [-0.4, -0.2) is 9.78 Å². The van der Waals surface area contributed by atoms with Crippen LogP contribution in [0, 0.1) is 24.1 Å². The topological polar surface area (TPSA) is 76.9 Å². The van der Waals surface area contributed by atoms with Crippen molar-refractivity contribution in [1.29, 1.82) is 5.26 Å². The molecule has 5 rings (SSSR count). The molecule has 0 spiro atoms. The van der Waals surface area contributed by atoms with Gasteiger partial charge in [0.25, 0.3) is 0 Å². The van der Waals surface area contributed by atoms with E-state index in [0.717, 1.165) is 16.5 Å². The molecule has 30 heavy (non-hydrogen) atoms. The number of benzene rings is 3. The number of hydrogen-bond acceptors (Lipinski definition) is 4. The van der Waals surface area contributed by atoms with Crippen LogP contribution < -0.4 is 10.5 Å². The third-order valence-electron chi connectivity index (χ3n) is 5.43. The number of nitriles is 1. The molecule has 1 aromatic heterocycles. The summed E-state index contributed by atoms with van der Waals surface area (Å²) in [5.41, 5.74) is 8.71. The zero-order valence-corrected chi connectivity index (χ0v) is 16.1. The van der Waals surface area contributed by atoms with Gasteiger partial charge in [-0.05, 0) is 35.9 Å². The zero-order chi connectivity index (χ0) is 20.8. The molecule has 5 nitrogen and oxygen atoms in total. The molecule has 0 saturated carbocycles. The molecule has 1 atom stereocenters. The minimum absolute atomic E-state index is 0.0415. The Morgan fingerprint density at radius 2 is 1.80 bits per heavy atom. The molecule has 0 bridgehead atoms. The molecule has 1 aliphatic heterocycles. The van der Waals surface area contributed by atoms with E-state index in [1.54, 1.807) is 22.9 Å². The fourth-order valence-electron chi connectivity index (χ4n) is 4.02. The molecule has 146 valence electrons. The van der Waals surface area contributed by atoms with Crippen LogP contribution in [0.1, 0.15) is 22.7 Å². The van der Waals surface area contributed by atoms with Gasteiger partial charge in [0.1, 0.15) is 17.5 Å². The third-order valence-corrected chi connectivity index (χ3v) is 5.43. The van der Waals surface area contributed by atoms with Crippen molar-refractivity contribution in [1.82, 2.24) is 9.78 Å². The average molecular weight is 396 g/mol. The van der Waals surface area contributed by atoms with Crippen LogP contribution >= 0.6 is 0 Å². The maximum atomic E-state index is 14.7. The molecule has 3 aromatic carbocycles. The maximum Gasteiger partial charge on any atom is 0.229 e. The van der Waals surface area contributed by atoms with E-state index in [9.17, 15) is 9.65 Å². The molecule has 0 saturated heterocycles. The van der Waals surface area contributed by atoms with E-state index in [4.69, 9.17) is 10.5 Å². The third kappa shape index (κ3) is 2.64. The highest BCUT2D eigenvalue weighted by Gasteiger charge is 2.37. The second-order valence-corrected chi connectivity index (χ2v) is 7.19. The van der Waals surface area contributed by atoms with E-state index in [1.807, 2.05) is 49.4 Å². The number of ether oxygens (including phenoxy) is 1. The van der Waals surface area contributed by atoms with Crippen LogP contribution in [-0.2, 0) is 0 Å².